The molecule has 0 unspecified atom stereocenters. The van der Waals surface area contributed by atoms with Crippen LogP contribution in [0.25, 0.3) is 0 Å². The number of hydrogen-bond donors (Lipinski definition) is 0. The Kier molecular flexibility index (Phi) is 14.3. The molecule has 0 spiro atoms. The van der Waals surface area contributed by atoms with Gasteiger partial charge in [-0.2, -0.15) is 0 Å². The molecule has 0 rings (SSSR count). The molecule has 5 nitrogen and oxygen atoms in total. The Morgan fingerprint density at radius 3 is 1.33 bits per heavy atom. The first-order chi connectivity index (χ1) is 2.94. The third-order valence-electron chi connectivity index (χ3n) is 0.204. The molecule has 0 aromatic carbocycles. The zero-order valence-corrected chi connectivity index (χ0v) is 12.0. The van der Waals surface area contributed by atoms with Crippen LogP contribution in [0.15, 0.2) is 0 Å². The van der Waals surface area contributed by atoms with Gasteiger partial charge in [-0.3, -0.25) is 0 Å². The Morgan fingerprint density at radius 1 is 1.22 bits per heavy atom. The molecular formula is CK2O5S. The maximum Gasteiger partial charge on any atom is 1.00 e. The molecule has 0 saturated carbocycles. The summed E-state index contributed by atoms with van der Waals surface area (Å²) in [6.07, 6.45) is 0. The van der Waals surface area contributed by atoms with Crippen LogP contribution in [0.1, 0.15) is 0 Å². The third kappa shape index (κ3) is 10.7. The quantitative estimate of drug-likeness (QED) is 0.287. The number of rotatable bonds is 0. The maximum atomic E-state index is 9.11. The van der Waals surface area contributed by atoms with Gasteiger partial charge in [0.25, 0.3) is 0 Å². The van der Waals surface area contributed by atoms with E-state index >= 15 is 0 Å². The SMILES string of the molecule is O=C([O-])S(=O)(=O)[O-].[K+].[K+]. The van der Waals surface area contributed by atoms with Crippen LogP contribution in [-0.4, -0.2) is 18.3 Å². The van der Waals surface area contributed by atoms with E-state index in [2.05, 4.69) is 0 Å². The van der Waals surface area contributed by atoms with Crippen molar-refractivity contribution in [2.75, 3.05) is 0 Å². The smallest absolute Gasteiger partial charge is 0.743 e. The minimum atomic E-state index is -5.19. The second-order valence-electron chi connectivity index (χ2n) is 0.704. The van der Waals surface area contributed by atoms with Gasteiger partial charge in [0.05, 0.1) is 0 Å². The van der Waals surface area contributed by atoms with E-state index in [0.717, 1.165) is 0 Å². The predicted octanol–water partition coefficient (Wildman–Crippen LogP) is -8.12. The van der Waals surface area contributed by atoms with Crippen LogP contribution in [0.2, 0.25) is 0 Å². The van der Waals surface area contributed by atoms with Gasteiger partial charge in [-0.05, 0) is 0 Å². The topological polar surface area (TPSA) is 97.3 Å². The van der Waals surface area contributed by atoms with E-state index in [1.165, 1.54) is 0 Å². The fourth-order valence-corrected chi connectivity index (χ4v) is 0. The molecule has 0 aromatic rings. The van der Waals surface area contributed by atoms with Crippen LogP contribution in [0.4, 0.5) is 4.79 Å². The van der Waals surface area contributed by atoms with E-state index in [-0.39, 0.29) is 103 Å². The molecule has 0 heterocycles. The van der Waals surface area contributed by atoms with Gasteiger partial charge < -0.3 is 14.5 Å². The Morgan fingerprint density at radius 2 is 1.33 bits per heavy atom. The summed E-state index contributed by atoms with van der Waals surface area (Å²) in [6.45, 7) is 0. The van der Waals surface area contributed by atoms with Gasteiger partial charge in [0, 0.05) is 0 Å². The van der Waals surface area contributed by atoms with Crippen LogP contribution >= 0.6 is 0 Å². The molecule has 8 heteroatoms. The van der Waals surface area contributed by atoms with Crippen LogP contribution < -0.4 is 108 Å². The molecule has 0 fully saturated rings. The van der Waals surface area contributed by atoms with E-state index in [9.17, 15) is 0 Å². The van der Waals surface area contributed by atoms with Gasteiger partial charge in [0.1, 0.15) is 15.4 Å². The average molecular weight is 202 g/mol. The fourth-order valence-electron chi connectivity index (χ4n) is 0. The molecule has 0 N–H and O–H groups in total. The first kappa shape index (κ1) is 17.7. The van der Waals surface area contributed by atoms with Crippen LogP contribution in [-0.2, 0) is 10.1 Å². The summed E-state index contributed by atoms with van der Waals surface area (Å²) in [5.41, 5.74) is 0. The third-order valence-corrected chi connectivity index (χ3v) is 0.612. The van der Waals surface area contributed by atoms with Gasteiger partial charge >= 0.3 is 103 Å². The normalized spacial score (nSPS) is 8.56. The number of carbonyl (C=O) groups excluding carboxylic acids is 1. The minimum Gasteiger partial charge on any atom is -0.743 e. The molecule has 0 aliphatic carbocycles. The molecule has 0 aliphatic heterocycles. The van der Waals surface area contributed by atoms with Crippen LogP contribution in [0, 0.1) is 0 Å². The zero-order valence-electron chi connectivity index (χ0n) is 4.95. The molecule has 9 heavy (non-hydrogen) atoms. The zero-order chi connectivity index (χ0) is 6.08. The minimum absolute atomic E-state index is 0. The van der Waals surface area contributed by atoms with Crippen molar-refractivity contribution in [2.45, 2.75) is 0 Å². The van der Waals surface area contributed by atoms with Gasteiger partial charge in [0.15, 0.2) is 0 Å². The number of carboxylic acid groups (broad SMARTS) is 1. The number of carbonyl (C=O) groups is 1. The Bertz CT molecular complexity index is 169. The van der Waals surface area contributed by atoms with Crippen molar-refractivity contribution in [2.24, 2.45) is 0 Å². The Labute approximate surface area is 137 Å². The average Bonchev–Trinajstić information content (AvgIpc) is 1.31. The molecule has 0 amide bonds. The van der Waals surface area contributed by atoms with Crippen LogP contribution in [0.5, 0.6) is 0 Å². The summed E-state index contributed by atoms with van der Waals surface area (Å²) in [6, 6.07) is 0. The summed E-state index contributed by atoms with van der Waals surface area (Å²) in [5, 5.41) is 6.42. The molecular weight excluding hydrogens is 202 g/mol. The second kappa shape index (κ2) is 7.31. The Hall–Kier alpha value is 2.65. The largest absolute Gasteiger partial charge is 1.00 e. The fraction of sp³-hybridized carbons (Fsp3) is 0. The van der Waals surface area contributed by atoms with Gasteiger partial charge in [-0.1, -0.05) is 0 Å². The maximum absolute atomic E-state index is 9.11. The van der Waals surface area contributed by atoms with Crippen molar-refractivity contribution in [1.29, 1.82) is 0 Å². The van der Waals surface area contributed by atoms with E-state index in [4.69, 9.17) is 22.9 Å². The monoisotopic (exact) mass is 202 g/mol. The molecule has 42 valence electrons. The van der Waals surface area contributed by atoms with Crippen molar-refractivity contribution in [3.05, 3.63) is 0 Å². The van der Waals surface area contributed by atoms with Crippen molar-refractivity contribution in [3.8, 4) is 0 Å². The van der Waals surface area contributed by atoms with Crippen molar-refractivity contribution < 1.29 is 126 Å². The van der Waals surface area contributed by atoms with E-state index < -0.39 is 15.4 Å². The molecule has 0 aromatic heterocycles. The number of hydrogen-bond acceptors (Lipinski definition) is 5. The van der Waals surface area contributed by atoms with Crippen molar-refractivity contribution in [3.63, 3.8) is 0 Å². The first-order valence-corrected chi connectivity index (χ1v) is 2.52. The summed E-state index contributed by atoms with van der Waals surface area (Å²) in [7, 11) is -5.19. The standard InChI is InChI=1S/CH2O5S.2K/c2-1(3)7(4,5)6;;/h(H,2,3)(H,4,5,6);;/q;2*+1/p-2. The summed E-state index contributed by atoms with van der Waals surface area (Å²) >= 11 is 0. The molecule has 0 bridgehead atoms. The van der Waals surface area contributed by atoms with Gasteiger partial charge in [0.2, 0.25) is 0 Å². The molecule has 0 atom stereocenters. The molecule has 0 aliphatic rings. The van der Waals surface area contributed by atoms with E-state index in [1.807, 2.05) is 0 Å². The van der Waals surface area contributed by atoms with Crippen molar-refractivity contribution >= 4 is 15.4 Å². The van der Waals surface area contributed by atoms with Crippen LogP contribution in [0.3, 0.4) is 0 Å². The van der Waals surface area contributed by atoms with E-state index in [1.54, 1.807) is 0 Å². The first-order valence-electron chi connectivity index (χ1n) is 1.11. The molecule has 0 saturated heterocycles. The summed E-state index contributed by atoms with van der Waals surface area (Å²) in [5.74, 6) is 0. The summed E-state index contributed by atoms with van der Waals surface area (Å²) in [4.78, 5) is 9.01. The second-order valence-corrected chi connectivity index (χ2v) is 1.95. The Balaban J connectivity index is -0.000000180. The predicted molar refractivity (Wildman–Crippen MR) is 15.1 cm³/mol. The van der Waals surface area contributed by atoms with Crippen molar-refractivity contribution in [1.82, 2.24) is 0 Å². The van der Waals surface area contributed by atoms with Gasteiger partial charge in [-0.25, -0.2) is 8.42 Å². The van der Waals surface area contributed by atoms with Gasteiger partial charge in [-0.15, -0.1) is 0 Å². The van der Waals surface area contributed by atoms with E-state index in [0.29, 0.717) is 0 Å². The summed E-state index contributed by atoms with van der Waals surface area (Å²) < 4.78 is 27.3. The molecule has 0 radical (unpaired) electrons.